The number of benzene rings is 3. The topological polar surface area (TPSA) is 97.2 Å². The van der Waals surface area contributed by atoms with Gasteiger partial charge in [-0.2, -0.15) is 5.10 Å². The van der Waals surface area contributed by atoms with Gasteiger partial charge in [0, 0.05) is 0 Å². The molecule has 3 aromatic rings. The minimum atomic E-state index is -1.06. The first-order valence-electron chi connectivity index (χ1n) is 8.52. The van der Waals surface area contributed by atoms with Gasteiger partial charge in [0.1, 0.15) is 11.5 Å². The maximum absolute atomic E-state index is 12.5. The Labute approximate surface area is 175 Å². The highest BCUT2D eigenvalue weighted by atomic mass is 79.9. The lowest BCUT2D eigenvalue weighted by atomic mass is 10.1. The van der Waals surface area contributed by atoms with Gasteiger partial charge in [-0.05, 0) is 62.6 Å². The first kappa shape index (κ1) is 20.3. The molecule has 0 atom stereocenters. The van der Waals surface area contributed by atoms with Crippen LogP contribution in [0.1, 0.15) is 15.9 Å². The molecule has 0 bridgehead atoms. The Balaban J connectivity index is 1.72. The highest BCUT2D eigenvalue weighted by Crippen LogP contribution is 2.26. The van der Waals surface area contributed by atoms with E-state index in [0.29, 0.717) is 27.1 Å². The van der Waals surface area contributed by atoms with Gasteiger partial charge in [-0.1, -0.05) is 24.3 Å². The summed E-state index contributed by atoms with van der Waals surface area (Å²) in [5.41, 5.74) is 3.55. The molecule has 0 saturated heterocycles. The van der Waals surface area contributed by atoms with Crippen LogP contribution in [-0.4, -0.2) is 36.9 Å². The standard InChI is InChI=1S/C21H17BrN2O5/c1-28-19-10-15-5-3-2-4-14(15)9-16(19)21(27)24-23-11-13-6-7-18(17(22)8-13)29-12-20(25)26/h2-11H,12H2,1H3,(H,24,27)(H,25,26)/b23-11-. The lowest BCUT2D eigenvalue weighted by Crippen LogP contribution is -2.18. The van der Waals surface area contributed by atoms with Crippen LogP contribution in [0.2, 0.25) is 0 Å². The molecule has 0 aliphatic rings. The zero-order valence-corrected chi connectivity index (χ0v) is 17.0. The summed E-state index contributed by atoms with van der Waals surface area (Å²) in [4.78, 5) is 23.1. The molecule has 29 heavy (non-hydrogen) atoms. The van der Waals surface area contributed by atoms with Gasteiger partial charge in [0.05, 0.1) is 23.4 Å². The van der Waals surface area contributed by atoms with E-state index >= 15 is 0 Å². The molecule has 0 spiro atoms. The van der Waals surface area contributed by atoms with E-state index in [4.69, 9.17) is 14.6 Å². The highest BCUT2D eigenvalue weighted by molar-refractivity contribution is 9.10. The summed E-state index contributed by atoms with van der Waals surface area (Å²) in [5.74, 6) is -0.604. The Bertz CT molecular complexity index is 1100. The zero-order valence-electron chi connectivity index (χ0n) is 15.4. The van der Waals surface area contributed by atoms with E-state index < -0.39 is 18.5 Å². The second-order valence-corrected chi connectivity index (χ2v) is 6.83. The van der Waals surface area contributed by atoms with Crippen molar-refractivity contribution < 1.29 is 24.2 Å². The number of carboxylic acid groups (broad SMARTS) is 1. The number of halogens is 1. The number of methoxy groups -OCH3 is 1. The van der Waals surface area contributed by atoms with Crippen molar-refractivity contribution >= 4 is 44.8 Å². The Hall–Kier alpha value is -3.39. The number of aliphatic carboxylic acids is 1. The van der Waals surface area contributed by atoms with Crippen LogP contribution in [0.4, 0.5) is 0 Å². The number of ether oxygens (including phenoxy) is 2. The number of carbonyl (C=O) groups excluding carboxylic acids is 1. The molecule has 2 N–H and O–H groups in total. The maximum atomic E-state index is 12.5. The van der Waals surface area contributed by atoms with Gasteiger partial charge >= 0.3 is 5.97 Å². The normalized spacial score (nSPS) is 10.8. The molecule has 8 heteroatoms. The summed E-state index contributed by atoms with van der Waals surface area (Å²) in [6.07, 6.45) is 1.47. The van der Waals surface area contributed by atoms with E-state index in [1.807, 2.05) is 24.3 Å². The van der Waals surface area contributed by atoms with Gasteiger partial charge in [0.25, 0.3) is 5.91 Å². The predicted octanol–water partition coefficient (Wildman–Crippen LogP) is 3.84. The maximum Gasteiger partial charge on any atom is 0.341 e. The molecular formula is C21H17BrN2O5. The minimum absolute atomic E-state index is 0.377. The monoisotopic (exact) mass is 456 g/mol. The lowest BCUT2D eigenvalue weighted by molar-refractivity contribution is -0.139. The van der Waals surface area contributed by atoms with E-state index in [1.54, 1.807) is 30.3 Å². The average Bonchev–Trinajstić information content (AvgIpc) is 2.71. The molecule has 0 aliphatic heterocycles. The van der Waals surface area contributed by atoms with Gasteiger partial charge in [0.2, 0.25) is 0 Å². The fourth-order valence-corrected chi connectivity index (χ4v) is 3.16. The van der Waals surface area contributed by atoms with Crippen LogP contribution in [-0.2, 0) is 4.79 Å². The molecule has 3 aromatic carbocycles. The predicted molar refractivity (Wildman–Crippen MR) is 113 cm³/mol. The number of nitrogens with zero attached hydrogens (tertiary/aromatic N) is 1. The van der Waals surface area contributed by atoms with Gasteiger partial charge in [-0.3, -0.25) is 4.79 Å². The summed E-state index contributed by atoms with van der Waals surface area (Å²) < 4.78 is 11.0. The quantitative estimate of drug-likeness (QED) is 0.415. The first-order chi connectivity index (χ1) is 14.0. The third-order valence-corrected chi connectivity index (χ3v) is 4.62. The van der Waals surface area contributed by atoms with Crippen molar-refractivity contribution in [2.24, 2.45) is 5.10 Å². The number of nitrogens with one attached hydrogen (secondary N) is 1. The lowest BCUT2D eigenvalue weighted by Gasteiger charge is -2.09. The van der Waals surface area contributed by atoms with Crippen molar-refractivity contribution in [3.63, 3.8) is 0 Å². The van der Waals surface area contributed by atoms with Crippen LogP contribution in [0.15, 0.2) is 64.2 Å². The van der Waals surface area contributed by atoms with Gasteiger partial charge in [-0.25, -0.2) is 10.2 Å². The van der Waals surface area contributed by atoms with Crippen LogP contribution in [0, 0.1) is 0 Å². The molecule has 0 radical (unpaired) electrons. The van der Waals surface area contributed by atoms with Crippen LogP contribution in [0.5, 0.6) is 11.5 Å². The van der Waals surface area contributed by atoms with E-state index in [1.165, 1.54) is 13.3 Å². The van der Waals surface area contributed by atoms with Crippen molar-refractivity contribution in [1.29, 1.82) is 0 Å². The largest absolute Gasteiger partial charge is 0.496 e. The average molecular weight is 457 g/mol. The van der Waals surface area contributed by atoms with Crippen molar-refractivity contribution in [2.45, 2.75) is 0 Å². The number of fused-ring (bicyclic) bond motifs is 1. The molecule has 148 valence electrons. The van der Waals surface area contributed by atoms with Crippen LogP contribution < -0.4 is 14.9 Å². The molecule has 0 saturated carbocycles. The molecule has 0 unspecified atom stereocenters. The molecule has 0 aromatic heterocycles. The summed E-state index contributed by atoms with van der Waals surface area (Å²) in [6.45, 7) is -0.435. The SMILES string of the molecule is COc1cc2ccccc2cc1C(=O)N/N=C\c1ccc(OCC(=O)O)c(Br)c1. The number of hydrogen-bond acceptors (Lipinski definition) is 5. The third-order valence-electron chi connectivity index (χ3n) is 4.00. The first-order valence-corrected chi connectivity index (χ1v) is 9.31. The Kier molecular flexibility index (Phi) is 6.46. The minimum Gasteiger partial charge on any atom is -0.496 e. The van der Waals surface area contributed by atoms with E-state index in [9.17, 15) is 9.59 Å². The third kappa shape index (κ3) is 5.11. The summed E-state index contributed by atoms with van der Waals surface area (Å²) in [6, 6.07) is 16.2. The van der Waals surface area contributed by atoms with Gasteiger partial charge in [0.15, 0.2) is 6.61 Å². The summed E-state index contributed by atoms with van der Waals surface area (Å²) >= 11 is 3.31. The van der Waals surface area contributed by atoms with Gasteiger partial charge in [-0.15, -0.1) is 0 Å². The number of carboxylic acids is 1. The Morgan fingerprint density at radius 2 is 1.83 bits per heavy atom. The summed E-state index contributed by atoms with van der Waals surface area (Å²) in [7, 11) is 1.51. The van der Waals surface area contributed by atoms with Gasteiger partial charge < -0.3 is 14.6 Å². The summed E-state index contributed by atoms with van der Waals surface area (Å²) in [5, 5.41) is 14.5. The number of rotatable bonds is 7. The van der Waals surface area contributed by atoms with Crippen LogP contribution in [0.3, 0.4) is 0 Å². The zero-order chi connectivity index (χ0) is 20.8. The van der Waals surface area contributed by atoms with E-state index in [-0.39, 0.29) is 0 Å². The second kappa shape index (κ2) is 9.20. The van der Waals surface area contributed by atoms with Crippen molar-refractivity contribution in [3.8, 4) is 11.5 Å². The van der Waals surface area contributed by atoms with E-state index in [2.05, 4.69) is 26.5 Å². The molecule has 1 amide bonds. The Morgan fingerprint density at radius 3 is 2.48 bits per heavy atom. The van der Waals surface area contributed by atoms with Crippen LogP contribution in [0.25, 0.3) is 10.8 Å². The number of amides is 1. The van der Waals surface area contributed by atoms with E-state index in [0.717, 1.165) is 10.8 Å². The molecule has 3 rings (SSSR count). The molecule has 0 heterocycles. The Morgan fingerprint density at radius 1 is 1.10 bits per heavy atom. The number of carbonyl (C=O) groups is 2. The molecule has 7 nitrogen and oxygen atoms in total. The second-order valence-electron chi connectivity index (χ2n) is 5.97. The smallest absolute Gasteiger partial charge is 0.341 e. The van der Waals surface area contributed by atoms with Crippen molar-refractivity contribution in [2.75, 3.05) is 13.7 Å². The van der Waals surface area contributed by atoms with Crippen LogP contribution >= 0.6 is 15.9 Å². The number of hydrogen-bond donors (Lipinski definition) is 2. The molecular weight excluding hydrogens is 440 g/mol. The van der Waals surface area contributed by atoms with Crippen molar-refractivity contribution in [3.05, 3.63) is 70.2 Å². The molecule has 0 aliphatic carbocycles. The molecule has 0 fully saturated rings. The fourth-order valence-electron chi connectivity index (χ4n) is 2.65. The number of hydrazone groups is 1. The fraction of sp³-hybridized carbons (Fsp3) is 0.0952. The highest BCUT2D eigenvalue weighted by Gasteiger charge is 2.13. The van der Waals surface area contributed by atoms with Crippen molar-refractivity contribution in [1.82, 2.24) is 5.43 Å².